The van der Waals surface area contributed by atoms with Gasteiger partial charge in [0.15, 0.2) is 0 Å². The summed E-state index contributed by atoms with van der Waals surface area (Å²) in [4.78, 5) is 0. The normalized spacial score (nSPS) is 11.6. The van der Waals surface area contributed by atoms with Crippen molar-refractivity contribution in [3.63, 3.8) is 0 Å². The monoisotopic (exact) mass is 249 g/mol. The van der Waals surface area contributed by atoms with Crippen LogP contribution in [-0.4, -0.2) is 6.54 Å². The summed E-state index contributed by atoms with van der Waals surface area (Å²) in [6, 6.07) is 18.7. The van der Waals surface area contributed by atoms with Crippen molar-refractivity contribution in [3.8, 4) is 0 Å². The number of para-hydroxylation sites is 1. The summed E-state index contributed by atoms with van der Waals surface area (Å²) in [5.74, 6) is 0.305. The predicted octanol–water partition coefficient (Wildman–Crippen LogP) is 4.71. The van der Waals surface area contributed by atoms with E-state index in [0.29, 0.717) is 5.92 Å². The van der Waals surface area contributed by atoms with Crippen LogP contribution < -0.4 is 5.32 Å². The summed E-state index contributed by atoms with van der Waals surface area (Å²) in [6.07, 6.45) is 3.84. The van der Waals surface area contributed by atoms with Gasteiger partial charge in [0, 0.05) is 18.2 Å². The Morgan fingerprint density at radius 3 is 2.21 bits per heavy atom. The molecule has 2 rings (SSSR count). The van der Waals surface area contributed by atoms with Gasteiger partial charge in [0.25, 0.3) is 0 Å². The van der Waals surface area contributed by atoms with Crippen molar-refractivity contribution >= 4 is 11.8 Å². The zero-order valence-corrected chi connectivity index (χ0v) is 11.0. The van der Waals surface area contributed by atoms with Crippen LogP contribution in [0.25, 0.3) is 6.08 Å². The lowest BCUT2D eigenvalue weighted by Gasteiger charge is -2.15. The van der Waals surface area contributed by atoms with Crippen LogP contribution in [0.15, 0.2) is 73.8 Å². The van der Waals surface area contributed by atoms with Crippen LogP contribution in [0, 0.1) is 0 Å². The Hall–Kier alpha value is -2.28. The maximum absolute atomic E-state index is 3.93. The van der Waals surface area contributed by atoms with E-state index in [9.17, 15) is 0 Å². The molecule has 0 saturated carbocycles. The topological polar surface area (TPSA) is 12.0 Å². The highest BCUT2D eigenvalue weighted by Crippen LogP contribution is 2.19. The average Bonchev–Trinajstić information content (AvgIpc) is 2.49. The van der Waals surface area contributed by atoms with Gasteiger partial charge in [0.2, 0.25) is 0 Å². The molecule has 1 N–H and O–H groups in total. The zero-order chi connectivity index (χ0) is 13.5. The summed E-state index contributed by atoms with van der Waals surface area (Å²) in [7, 11) is 0. The maximum Gasteiger partial charge on any atom is 0.0340 e. The van der Waals surface area contributed by atoms with Crippen molar-refractivity contribution in [2.75, 3.05) is 11.9 Å². The number of benzene rings is 2. The SMILES string of the molecule is C=Cc1ccc(C(C=C)CNc2ccccc2)cc1. The van der Waals surface area contributed by atoms with Gasteiger partial charge in [-0.15, -0.1) is 6.58 Å². The van der Waals surface area contributed by atoms with Crippen LogP contribution in [0.4, 0.5) is 5.69 Å². The van der Waals surface area contributed by atoms with Crippen LogP contribution in [0.3, 0.4) is 0 Å². The van der Waals surface area contributed by atoms with E-state index in [1.165, 1.54) is 5.56 Å². The first-order valence-corrected chi connectivity index (χ1v) is 6.47. The Bertz CT molecular complexity index is 525. The molecule has 0 aliphatic heterocycles. The molecule has 0 radical (unpaired) electrons. The molecule has 0 fully saturated rings. The second kappa shape index (κ2) is 6.60. The molecule has 0 amide bonds. The lowest BCUT2D eigenvalue weighted by Crippen LogP contribution is -2.10. The first kappa shape index (κ1) is 13.2. The standard InChI is InChI=1S/C18H19N/c1-3-15-10-12-17(13-11-15)16(4-2)14-19-18-8-6-5-7-9-18/h3-13,16,19H,1-2,14H2. The van der Waals surface area contributed by atoms with Crippen LogP contribution in [0.5, 0.6) is 0 Å². The fourth-order valence-electron chi connectivity index (χ4n) is 2.00. The minimum atomic E-state index is 0.305. The Morgan fingerprint density at radius 1 is 0.947 bits per heavy atom. The zero-order valence-electron chi connectivity index (χ0n) is 11.0. The molecule has 0 bridgehead atoms. The van der Waals surface area contributed by atoms with Gasteiger partial charge in [0.05, 0.1) is 0 Å². The lowest BCUT2D eigenvalue weighted by molar-refractivity contribution is 0.890. The van der Waals surface area contributed by atoms with Gasteiger partial charge in [-0.1, -0.05) is 61.2 Å². The number of rotatable bonds is 6. The molecule has 0 spiro atoms. The third-order valence-corrected chi connectivity index (χ3v) is 3.18. The molecule has 0 aliphatic carbocycles. The molecule has 1 unspecified atom stereocenters. The maximum atomic E-state index is 3.93. The Labute approximate surface area is 115 Å². The Balaban J connectivity index is 2.03. The van der Waals surface area contributed by atoms with Crippen molar-refractivity contribution < 1.29 is 0 Å². The highest BCUT2D eigenvalue weighted by molar-refractivity contribution is 5.48. The molecule has 2 aromatic carbocycles. The van der Waals surface area contributed by atoms with E-state index >= 15 is 0 Å². The van der Waals surface area contributed by atoms with Crippen LogP contribution in [0.1, 0.15) is 17.0 Å². The van der Waals surface area contributed by atoms with Crippen LogP contribution in [-0.2, 0) is 0 Å². The number of anilines is 1. The average molecular weight is 249 g/mol. The van der Waals surface area contributed by atoms with E-state index < -0.39 is 0 Å². The summed E-state index contributed by atoms with van der Waals surface area (Å²) in [5, 5.41) is 3.43. The van der Waals surface area contributed by atoms with Gasteiger partial charge >= 0.3 is 0 Å². The number of nitrogens with one attached hydrogen (secondary N) is 1. The van der Waals surface area contributed by atoms with Crippen molar-refractivity contribution in [1.29, 1.82) is 0 Å². The van der Waals surface area contributed by atoms with Crippen LogP contribution >= 0.6 is 0 Å². The van der Waals surface area contributed by atoms with E-state index in [1.54, 1.807) is 0 Å². The minimum absolute atomic E-state index is 0.305. The van der Waals surface area contributed by atoms with E-state index in [4.69, 9.17) is 0 Å². The molecule has 0 aliphatic rings. The summed E-state index contributed by atoms with van der Waals surface area (Å²) in [6.45, 7) is 8.55. The third-order valence-electron chi connectivity index (χ3n) is 3.18. The Kier molecular flexibility index (Phi) is 4.57. The van der Waals surface area contributed by atoms with Crippen molar-refractivity contribution in [2.45, 2.75) is 5.92 Å². The van der Waals surface area contributed by atoms with E-state index in [-0.39, 0.29) is 0 Å². The highest BCUT2D eigenvalue weighted by atomic mass is 14.9. The molecular formula is C18H19N. The number of hydrogen-bond acceptors (Lipinski definition) is 1. The van der Waals surface area contributed by atoms with Crippen molar-refractivity contribution in [3.05, 3.63) is 85.0 Å². The fraction of sp³-hybridized carbons (Fsp3) is 0.111. The smallest absolute Gasteiger partial charge is 0.0340 e. The molecule has 0 aromatic heterocycles. The fourth-order valence-corrected chi connectivity index (χ4v) is 2.00. The predicted molar refractivity (Wildman–Crippen MR) is 84.4 cm³/mol. The first-order valence-electron chi connectivity index (χ1n) is 6.47. The van der Waals surface area contributed by atoms with Gasteiger partial charge in [-0.05, 0) is 23.3 Å². The molecule has 1 atom stereocenters. The molecule has 1 nitrogen and oxygen atoms in total. The first-order chi connectivity index (χ1) is 9.33. The van der Waals surface area contributed by atoms with E-state index in [1.807, 2.05) is 30.4 Å². The van der Waals surface area contributed by atoms with E-state index in [2.05, 4.69) is 54.9 Å². The lowest BCUT2D eigenvalue weighted by atomic mass is 9.98. The molecular weight excluding hydrogens is 230 g/mol. The van der Waals surface area contributed by atoms with E-state index in [0.717, 1.165) is 17.8 Å². The van der Waals surface area contributed by atoms with Gasteiger partial charge < -0.3 is 5.32 Å². The van der Waals surface area contributed by atoms with Crippen molar-refractivity contribution in [2.24, 2.45) is 0 Å². The quantitative estimate of drug-likeness (QED) is 0.731. The molecule has 96 valence electrons. The minimum Gasteiger partial charge on any atom is -0.384 e. The van der Waals surface area contributed by atoms with Gasteiger partial charge in [-0.3, -0.25) is 0 Å². The van der Waals surface area contributed by atoms with Gasteiger partial charge in [0.1, 0.15) is 0 Å². The van der Waals surface area contributed by atoms with Gasteiger partial charge in [-0.25, -0.2) is 0 Å². The second-order valence-electron chi connectivity index (χ2n) is 4.46. The molecule has 19 heavy (non-hydrogen) atoms. The molecule has 0 heterocycles. The summed E-state index contributed by atoms with van der Waals surface area (Å²) in [5.41, 5.74) is 3.55. The second-order valence-corrected chi connectivity index (χ2v) is 4.46. The van der Waals surface area contributed by atoms with Crippen LogP contribution in [0.2, 0.25) is 0 Å². The van der Waals surface area contributed by atoms with Gasteiger partial charge in [-0.2, -0.15) is 0 Å². The largest absolute Gasteiger partial charge is 0.384 e. The summed E-state index contributed by atoms with van der Waals surface area (Å²) >= 11 is 0. The Morgan fingerprint density at radius 2 is 1.63 bits per heavy atom. The van der Waals surface area contributed by atoms with Crippen molar-refractivity contribution in [1.82, 2.24) is 0 Å². The summed E-state index contributed by atoms with van der Waals surface area (Å²) < 4.78 is 0. The third kappa shape index (κ3) is 3.59. The molecule has 0 saturated heterocycles. The number of hydrogen-bond donors (Lipinski definition) is 1. The molecule has 1 heteroatoms. The molecule has 2 aromatic rings. The highest BCUT2D eigenvalue weighted by Gasteiger charge is 2.06.